The van der Waals surface area contributed by atoms with Crippen LogP contribution in [0.4, 0.5) is 0 Å². The number of phenolic OH excluding ortho intramolecular Hbond substituents is 1. The minimum absolute atomic E-state index is 0.0614. The summed E-state index contributed by atoms with van der Waals surface area (Å²) in [5.41, 5.74) is 4.50. The van der Waals surface area contributed by atoms with Gasteiger partial charge < -0.3 is 29.7 Å². The molecule has 0 bridgehead atoms. The van der Waals surface area contributed by atoms with Crippen molar-refractivity contribution in [1.82, 2.24) is 4.90 Å². The van der Waals surface area contributed by atoms with Crippen LogP contribution in [-0.4, -0.2) is 59.5 Å². The Labute approximate surface area is 204 Å². The monoisotopic (exact) mass is 477 g/mol. The first-order valence-corrected chi connectivity index (χ1v) is 12.1. The van der Waals surface area contributed by atoms with Crippen LogP contribution in [0.1, 0.15) is 80.4 Å². The summed E-state index contributed by atoms with van der Waals surface area (Å²) < 4.78 is 10.5. The van der Waals surface area contributed by atoms with Crippen LogP contribution < -0.4 is 4.74 Å². The van der Waals surface area contributed by atoms with Gasteiger partial charge in [0, 0.05) is 30.5 Å². The lowest BCUT2D eigenvalue weighted by molar-refractivity contribution is 0.0533. The molecule has 0 spiro atoms. The molecule has 34 heavy (non-hydrogen) atoms. The number of aromatic hydroxyl groups is 1. The number of aliphatic hydroxyl groups excluding tert-OH is 2. The van der Waals surface area contributed by atoms with Crippen LogP contribution >= 0.6 is 0 Å². The highest BCUT2D eigenvalue weighted by Crippen LogP contribution is 2.42. The number of esters is 1. The fourth-order valence-corrected chi connectivity index (χ4v) is 4.07. The summed E-state index contributed by atoms with van der Waals surface area (Å²) in [4.78, 5) is 14.2. The molecule has 0 radical (unpaired) electrons. The van der Waals surface area contributed by atoms with E-state index in [0.717, 1.165) is 36.3 Å². The van der Waals surface area contributed by atoms with Gasteiger partial charge in [-0.15, -0.1) is 0 Å². The van der Waals surface area contributed by atoms with Crippen molar-refractivity contribution in [3.63, 3.8) is 0 Å². The van der Waals surface area contributed by atoms with E-state index >= 15 is 0 Å². The van der Waals surface area contributed by atoms with E-state index in [0.29, 0.717) is 42.7 Å². The molecule has 3 N–H and O–H groups in total. The summed E-state index contributed by atoms with van der Waals surface area (Å²) in [5.74, 6) is 0.181. The highest BCUT2D eigenvalue weighted by Gasteiger charge is 2.32. The summed E-state index contributed by atoms with van der Waals surface area (Å²) in [6, 6.07) is 0. The average Bonchev–Trinajstić information content (AvgIpc) is 3.18. The molecule has 0 unspecified atom stereocenters. The summed E-state index contributed by atoms with van der Waals surface area (Å²) in [6.45, 7) is 17.2. The number of rotatable bonds is 12. The van der Waals surface area contributed by atoms with Crippen LogP contribution in [0.2, 0.25) is 0 Å². The van der Waals surface area contributed by atoms with E-state index in [2.05, 4.69) is 25.3 Å². The zero-order valence-electron chi connectivity index (χ0n) is 21.8. The number of carbonyl (C=O) groups is 1. The average molecular weight is 478 g/mol. The van der Waals surface area contributed by atoms with E-state index < -0.39 is 5.97 Å². The Morgan fingerprint density at radius 1 is 1.12 bits per heavy atom. The van der Waals surface area contributed by atoms with E-state index in [-0.39, 0.29) is 23.7 Å². The molecule has 0 saturated carbocycles. The lowest BCUT2D eigenvalue weighted by atomic mass is 9.92. The van der Waals surface area contributed by atoms with Crippen LogP contribution in [0.15, 0.2) is 23.5 Å². The molecule has 7 heteroatoms. The summed E-state index contributed by atoms with van der Waals surface area (Å²) in [7, 11) is 1.55. The zero-order chi connectivity index (χ0) is 25.8. The van der Waals surface area contributed by atoms with E-state index in [1.807, 2.05) is 20.8 Å². The summed E-state index contributed by atoms with van der Waals surface area (Å²) in [6.07, 6.45) is 4.01. The minimum atomic E-state index is -0.496. The molecule has 0 aliphatic carbocycles. The number of methoxy groups -OCH3 is 1. The number of hydrogen-bond acceptors (Lipinski definition) is 7. The number of benzene rings is 1. The van der Waals surface area contributed by atoms with Crippen molar-refractivity contribution >= 4 is 5.97 Å². The highest BCUT2D eigenvalue weighted by molar-refractivity contribution is 5.98. The van der Waals surface area contributed by atoms with Gasteiger partial charge in [0.25, 0.3) is 0 Å². The van der Waals surface area contributed by atoms with Gasteiger partial charge in [0.05, 0.1) is 19.5 Å². The molecule has 192 valence electrons. The van der Waals surface area contributed by atoms with Gasteiger partial charge in [-0.25, -0.2) is 4.79 Å². The van der Waals surface area contributed by atoms with Crippen LogP contribution in [0.25, 0.3) is 0 Å². The minimum Gasteiger partial charge on any atom is -0.513 e. The molecule has 1 aromatic carbocycles. The number of fused-ring (bicyclic) bond motifs is 1. The standard InChI is InChI=1S/C19H24O5.C8H19NO/c1-10(6-7-12(3)20)11(2)8-14-17(21)16-15(9-24-19(16)22)13(4)18(14)23-5;1-3-5-9(6-4-2)7-8-10/h20-21H,3,6-9H2,1-2,4-5H3;10H,3-8H2,1-2H3/b11-10+;. The lowest BCUT2D eigenvalue weighted by Gasteiger charge is -2.18. The van der Waals surface area contributed by atoms with Gasteiger partial charge in [0.1, 0.15) is 23.7 Å². The molecule has 7 nitrogen and oxygen atoms in total. The Morgan fingerprint density at radius 2 is 1.74 bits per heavy atom. The number of hydrogen-bond donors (Lipinski definition) is 3. The normalized spacial score (nSPS) is 13.1. The van der Waals surface area contributed by atoms with E-state index in [4.69, 9.17) is 14.6 Å². The van der Waals surface area contributed by atoms with Gasteiger partial charge in [-0.2, -0.15) is 0 Å². The smallest absolute Gasteiger partial charge is 0.342 e. The van der Waals surface area contributed by atoms with Crippen molar-refractivity contribution in [3.8, 4) is 11.5 Å². The molecule has 0 fully saturated rings. The fourth-order valence-electron chi connectivity index (χ4n) is 4.07. The third kappa shape index (κ3) is 8.06. The van der Waals surface area contributed by atoms with Crippen LogP contribution in [0.3, 0.4) is 0 Å². The Morgan fingerprint density at radius 3 is 2.24 bits per heavy atom. The second-order valence-electron chi connectivity index (χ2n) is 8.78. The van der Waals surface area contributed by atoms with Crippen molar-refractivity contribution in [2.45, 2.75) is 73.3 Å². The Kier molecular flexibility index (Phi) is 12.8. The lowest BCUT2D eigenvalue weighted by Crippen LogP contribution is -2.28. The van der Waals surface area contributed by atoms with Crippen molar-refractivity contribution in [1.29, 1.82) is 0 Å². The summed E-state index contributed by atoms with van der Waals surface area (Å²) >= 11 is 0. The Bertz CT molecular complexity index is 860. The number of cyclic esters (lactones) is 1. The third-order valence-corrected chi connectivity index (χ3v) is 6.10. The Balaban J connectivity index is 0.000000489. The maximum absolute atomic E-state index is 11.9. The van der Waals surface area contributed by atoms with Gasteiger partial charge in [0.2, 0.25) is 0 Å². The number of aliphatic hydroxyl groups is 2. The van der Waals surface area contributed by atoms with Gasteiger partial charge in [-0.1, -0.05) is 31.6 Å². The number of nitrogens with zero attached hydrogens (tertiary/aromatic N) is 1. The number of ether oxygens (including phenoxy) is 2. The molecule has 1 aromatic rings. The molecule has 0 aromatic heterocycles. The fraction of sp³-hybridized carbons (Fsp3) is 0.593. The van der Waals surface area contributed by atoms with Crippen molar-refractivity contribution in [3.05, 3.63) is 45.7 Å². The number of phenols is 1. The molecule has 0 atom stereocenters. The van der Waals surface area contributed by atoms with Gasteiger partial charge in [-0.05, 0) is 58.7 Å². The highest BCUT2D eigenvalue weighted by atomic mass is 16.5. The maximum Gasteiger partial charge on any atom is 0.342 e. The second kappa shape index (κ2) is 14.7. The number of allylic oxidation sites excluding steroid dienone is 3. The van der Waals surface area contributed by atoms with Crippen molar-refractivity contribution in [2.75, 3.05) is 33.4 Å². The van der Waals surface area contributed by atoms with Crippen LogP contribution in [-0.2, 0) is 17.8 Å². The quantitative estimate of drug-likeness (QED) is 0.216. The predicted octanol–water partition coefficient (Wildman–Crippen LogP) is 5.21. The topological polar surface area (TPSA) is 99.5 Å². The number of carbonyl (C=O) groups excluding carboxylic acids is 1. The molecule has 1 aliphatic heterocycles. The third-order valence-electron chi connectivity index (χ3n) is 6.10. The van der Waals surface area contributed by atoms with Crippen LogP contribution in [0.5, 0.6) is 11.5 Å². The zero-order valence-corrected chi connectivity index (χ0v) is 21.8. The molecule has 1 aliphatic rings. The first-order chi connectivity index (χ1) is 16.1. The first kappa shape index (κ1) is 29.5. The van der Waals surface area contributed by atoms with Gasteiger partial charge in [-0.3, -0.25) is 0 Å². The molecular formula is C27H43NO6. The molecule has 0 amide bonds. The molecule has 1 heterocycles. The maximum atomic E-state index is 11.9. The molecule has 0 saturated heterocycles. The Hall–Kier alpha value is -2.51. The largest absolute Gasteiger partial charge is 0.513 e. The molecular weight excluding hydrogens is 434 g/mol. The van der Waals surface area contributed by atoms with E-state index in [9.17, 15) is 15.0 Å². The van der Waals surface area contributed by atoms with Gasteiger partial charge in [0.15, 0.2) is 0 Å². The summed E-state index contributed by atoms with van der Waals surface area (Å²) in [5, 5.41) is 28.5. The van der Waals surface area contributed by atoms with Crippen LogP contribution in [0, 0.1) is 6.92 Å². The van der Waals surface area contributed by atoms with E-state index in [1.165, 1.54) is 12.8 Å². The predicted molar refractivity (Wildman–Crippen MR) is 136 cm³/mol. The molecule has 2 rings (SSSR count). The SMILES string of the molecule is C=C(O)CC/C(C)=C(\C)Cc1c(O)c2c(c(C)c1OC)COC2=O.CCCN(CCC)CCO. The second-order valence-corrected chi connectivity index (χ2v) is 8.78. The first-order valence-electron chi connectivity index (χ1n) is 12.1. The van der Waals surface area contributed by atoms with Gasteiger partial charge >= 0.3 is 5.97 Å². The van der Waals surface area contributed by atoms with Crippen molar-refractivity contribution in [2.24, 2.45) is 0 Å². The van der Waals surface area contributed by atoms with Crippen molar-refractivity contribution < 1.29 is 29.6 Å². The van der Waals surface area contributed by atoms with E-state index in [1.54, 1.807) is 7.11 Å².